The van der Waals surface area contributed by atoms with Gasteiger partial charge in [-0.3, -0.25) is 9.78 Å². The van der Waals surface area contributed by atoms with Crippen molar-refractivity contribution in [1.82, 2.24) is 4.98 Å². The molecule has 0 amide bonds. The molecule has 0 spiro atoms. The largest absolute Gasteiger partial charge is 0.330 e. The standard InChI is InChI=1S/C17H20N2O/c18-11-12-3-5-14(6-4-12)17(20)15-8-7-13-2-1-9-19-16(13)10-15/h1-2,7-10,12,14H,3-6,11,18H2. The number of hydrogen-bond donors (Lipinski definition) is 1. The molecule has 3 rings (SSSR count). The Bertz CT molecular complexity index is 615. The minimum absolute atomic E-state index is 0.166. The molecular formula is C17H20N2O. The van der Waals surface area contributed by atoms with E-state index in [2.05, 4.69) is 4.98 Å². The van der Waals surface area contributed by atoms with Crippen molar-refractivity contribution in [2.45, 2.75) is 25.7 Å². The lowest BCUT2D eigenvalue weighted by Gasteiger charge is -2.26. The molecule has 104 valence electrons. The summed E-state index contributed by atoms with van der Waals surface area (Å²) in [5.41, 5.74) is 7.40. The van der Waals surface area contributed by atoms with Crippen LogP contribution in [-0.2, 0) is 0 Å². The summed E-state index contributed by atoms with van der Waals surface area (Å²) in [5, 5.41) is 1.08. The number of nitrogens with two attached hydrogens (primary N) is 1. The minimum Gasteiger partial charge on any atom is -0.330 e. The van der Waals surface area contributed by atoms with Crippen molar-refractivity contribution < 1.29 is 4.79 Å². The quantitative estimate of drug-likeness (QED) is 0.870. The number of nitrogens with zero attached hydrogens (tertiary/aromatic N) is 1. The smallest absolute Gasteiger partial charge is 0.166 e. The molecule has 1 saturated carbocycles. The molecule has 0 atom stereocenters. The van der Waals surface area contributed by atoms with E-state index in [1.54, 1.807) is 6.20 Å². The Kier molecular flexibility index (Phi) is 3.79. The van der Waals surface area contributed by atoms with Crippen LogP contribution >= 0.6 is 0 Å². The third kappa shape index (κ3) is 2.59. The number of aromatic nitrogens is 1. The Labute approximate surface area is 119 Å². The Morgan fingerprint density at radius 2 is 2.00 bits per heavy atom. The van der Waals surface area contributed by atoms with Crippen LogP contribution in [0.15, 0.2) is 36.5 Å². The summed E-state index contributed by atoms with van der Waals surface area (Å²) in [6.07, 6.45) is 5.88. The van der Waals surface area contributed by atoms with E-state index < -0.39 is 0 Å². The summed E-state index contributed by atoms with van der Waals surface area (Å²) in [4.78, 5) is 16.9. The van der Waals surface area contributed by atoms with Crippen LogP contribution in [0.1, 0.15) is 36.0 Å². The zero-order chi connectivity index (χ0) is 13.9. The third-order valence-electron chi connectivity index (χ3n) is 4.44. The predicted octanol–water partition coefficient (Wildman–Crippen LogP) is 3.18. The van der Waals surface area contributed by atoms with Crippen LogP contribution in [0.5, 0.6) is 0 Å². The van der Waals surface area contributed by atoms with Crippen molar-refractivity contribution in [2.24, 2.45) is 17.6 Å². The highest BCUT2D eigenvalue weighted by Crippen LogP contribution is 2.30. The maximum absolute atomic E-state index is 12.6. The second-order valence-corrected chi connectivity index (χ2v) is 5.73. The predicted molar refractivity (Wildman–Crippen MR) is 80.6 cm³/mol. The van der Waals surface area contributed by atoms with Gasteiger partial charge in [-0.05, 0) is 50.3 Å². The molecule has 1 aliphatic carbocycles. The number of benzene rings is 1. The molecule has 2 aromatic rings. The first kappa shape index (κ1) is 13.3. The third-order valence-corrected chi connectivity index (χ3v) is 4.44. The second kappa shape index (κ2) is 5.71. The highest BCUT2D eigenvalue weighted by Gasteiger charge is 2.26. The topological polar surface area (TPSA) is 56.0 Å². The van der Waals surface area contributed by atoms with Crippen LogP contribution < -0.4 is 5.73 Å². The van der Waals surface area contributed by atoms with E-state index in [1.807, 2.05) is 30.3 Å². The van der Waals surface area contributed by atoms with E-state index in [1.165, 1.54) is 0 Å². The number of rotatable bonds is 3. The summed E-state index contributed by atoms with van der Waals surface area (Å²) in [5.74, 6) is 1.05. The molecule has 0 radical (unpaired) electrons. The van der Waals surface area contributed by atoms with E-state index in [0.717, 1.165) is 48.7 Å². The van der Waals surface area contributed by atoms with Crippen molar-refractivity contribution in [3.63, 3.8) is 0 Å². The Morgan fingerprint density at radius 3 is 2.75 bits per heavy atom. The van der Waals surface area contributed by atoms with E-state index in [9.17, 15) is 4.79 Å². The van der Waals surface area contributed by atoms with E-state index >= 15 is 0 Å². The van der Waals surface area contributed by atoms with Crippen LogP contribution in [0.2, 0.25) is 0 Å². The number of fused-ring (bicyclic) bond motifs is 1. The number of hydrogen-bond acceptors (Lipinski definition) is 3. The minimum atomic E-state index is 0.166. The van der Waals surface area contributed by atoms with Gasteiger partial charge < -0.3 is 5.73 Å². The number of ketones is 1. The zero-order valence-electron chi connectivity index (χ0n) is 11.6. The molecule has 3 nitrogen and oxygen atoms in total. The van der Waals surface area contributed by atoms with Crippen molar-refractivity contribution in [2.75, 3.05) is 6.54 Å². The SMILES string of the molecule is NCC1CCC(C(=O)c2ccc3cccnc3c2)CC1. The number of carbonyl (C=O) groups is 1. The molecule has 1 heterocycles. The van der Waals surface area contributed by atoms with Crippen molar-refractivity contribution in [3.05, 3.63) is 42.1 Å². The number of carbonyl (C=O) groups excluding carboxylic acids is 1. The molecule has 3 heteroatoms. The van der Waals surface area contributed by atoms with Gasteiger partial charge in [0, 0.05) is 23.1 Å². The molecule has 1 fully saturated rings. The van der Waals surface area contributed by atoms with Gasteiger partial charge in [0.25, 0.3) is 0 Å². The van der Waals surface area contributed by atoms with Crippen LogP contribution in [0.25, 0.3) is 10.9 Å². The van der Waals surface area contributed by atoms with E-state index in [4.69, 9.17) is 5.73 Å². The molecular weight excluding hydrogens is 248 g/mol. The molecule has 1 aromatic heterocycles. The average Bonchev–Trinajstić information content (AvgIpc) is 2.54. The monoisotopic (exact) mass is 268 g/mol. The number of pyridine rings is 1. The lowest BCUT2D eigenvalue weighted by atomic mass is 9.78. The summed E-state index contributed by atoms with van der Waals surface area (Å²) in [6, 6.07) is 9.77. The first-order valence-electron chi connectivity index (χ1n) is 7.37. The van der Waals surface area contributed by atoms with E-state index in [0.29, 0.717) is 5.92 Å². The zero-order valence-corrected chi connectivity index (χ0v) is 11.6. The molecule has 1 aliphatic rings. The summed E-state index contributed by atoms with van der Waals surface area (Å²) < 4.78 is 0. The van der Waals surface area contributed by atoms with Gasteiger partial charge in [0.1, 0.15) is 0 Å². The summed E-state index contributed by atoms with van der Waals surface area (Å²) in [6.45, 7) is 0.751. The second-order valence-electron chi connectivity index (χ2n) is 5.73. The maximum atomic E-state index is 12.6. The first-order chi connectivity index (χ1) is 9.78. The van der Waals surface area contributed by atoms with Gasteiger partial charge in [-0.25, -0.2) is 0 Å². The number of Topliss-reactive ketones (excluding diaryl/α,β-unsaturated/α-hetero) is 1. The Morgan fingerprint density at radius 1 is 1.20 bits per heavy atom. The van der Waals surface area contributed by atoms with Crippen molar-refractivity contribution in [3.8, 4) is 0 Å². The van der Waals surface area contributed by atoms with Gasteiger partial charge in [0.05, 0.1) is 5.52 Å². The fourth-order valence-corrected chi connectivity index (χ4v) is 3.12. The van der Waals surface area contributed by atoms with Gasteiger partial charge in [-0.2, -0.15) is 0 Å². The van der Waals surface area contributed by atoms with Crippen molar-refractivity contribution >= 4 is 16.7 Å². The summed E-state index contributed by atoms with van der Waals surface area (Å²) in [7, 11) is 0. The lowest BCUT2D eigenvalue weighted by molar-refractivity contribution is 0.0873. The van der Waals surface area contributed by atoms with Crippen molar-refractivity contribution in [1.29, 1.82) is 0 Å². The first-order valence-corrected chi connectivity index (χ1v) is 7.37. The molecule has 0 unspecified atom stereocenters. The molecule has 0 saturated heterocycles. The fourth-order valence-electron chi connectivity index (χ4n) is 3.12. The fraction of sp³-hybridized carbons (Fsp3) is 0.412. The van der Waals surface area contributed by atoms with Gasteiger partial charge in [-0.1, -0.05) is 18.2 Å². The van der Waals surface area contributed by atoms with E-state index in [-0.39, 0.29) is 11.7 Å². The summed E-state index contributed by atoms with van der Waals surface area (Å²) >= 11 is 0. The molecule has 2 N–H and O–H groups in total. The highest BCUT2D eigenvalue weighted by atomic mass is 16.1. The molecule has 20 heavy (non-hydrogen) atoms. The van der Waals surface area contributed by atoms with Crippen LogP contribution in [0.3, 0.4) is 0 Å². The Balaban J connectivity index is 1.79. The normalized spacial score (nSPS) is 22.9. The van der Waals surface area contributed by atoms with Gasteiger partial charge in [0.15, 0.2) is 5.78 Å². The van der Waals surface area contributed by atoms with Crippen LogP contribution in [0, 0.1) is 11.8 Å². The Hall–Kier alpha value is -1.74. The van der Waals surface area contributed by atoms with Crippen LogP contribution in [-0.4, -0.2) is 17.3 Å². The molecule has 0 bridgehead atoms. The lowest BCUT2D eigenvalue weighted by Crippen LogP contribution is -2.25. The van der Waals surface area contributed by atoms with Crippen LogP contribution in [0.4, 0.5) is 0 Å². The average molecular weight is 268 g/mol. The highest BCUT2D eigenvalue weighted by molar-refractivity contribution is 6.00. The van der Waals surface area contributed by atoms with Gasteiger partial charge in [0.2, 0.25) is 0 Å². The maximum Gasteiger partial charge on any atom is 0.166 e. The molecule has 0 aliphatic heterocycles. The van der Waals surface area contributed by atoms with Gasteiger partial charge in [-0.15, -0.1) is 0 Å². The molecule has 1 aromatic carbocycles. The van der Waals surface area contributed by atoms with Gasteiger partial charge >= 0.3 is 0 Å².